The van der Waals surface area contributed by atoms with Gasteiger partial charge < -0.3 is 21.3 Å². The van der Waals surface area contributed by atoms with Gasteiger partial charge in [0.2, 0.25) is 11.8 Å². The third-order valence-electron chi connectivity index (χ3n) is 6.87. The summed E-state index contributed by atoms with van der Waals surface area (Å²) in [7, 11) is 0. The molecule has 0 saturated carbocycles. The Morgan fingerprint density at radius 1 is 1.05 bits per heavy atom. The van der Waals surface area contributed by atoms with Crippen molar-refractivity contribution in [1.82, 2.24) is 10.2 Å². The summed E-state index contributed by atoms with van der Waals surface area (Å²) in [4.78, 5) is 37.9. The van der Waals surface area contributed by atoms with Gasteiger partial charge in [0.15, 0.2) is 0 Å². The Bertz CT molecular complexity index is 1340. The molecule has 1 fully saturated rings. The molecule has 1 aliphatic rings. The zero-order valence-electron chi connectivity index (χ0n) is 20.9. The number of nitrogens with zero attached hydrogens (tertiary/aromatic N) is 1. The van der Waals surface area contributed by atoms with Crippen LogP contribution in [-0.4, -0.2) is 45.5 Å². The molecule has 37 heavy (non-hydrogen) atoms. The first kappa shape index (κ1) is 25.9. The third-order valence-corrected chi connectivity index (χ3v) is 6.87. The van der Waals surface area contributed by atoms with Gasteiger partial charge in [-0.3, -0.25) is 14.5 Å². The van der Waals surface area contributed by atoms with Crippen molar-refractivity contribution in [2.45, 2.75) is 45.3 Å². The molecule has 8 nitrogen and oxygen atoms in total. The monoisotopic (exact) mass is 501 g/mol. The first-order valence-electron chi connectivity index (χ1n) is 12.2. The number of carboxylic acids is 1. The fourth-order valence-electron chi connectivity index (χ4n) is 4.92. The quantitative estimate of drug-likeness (QED) is 0.369. The van der Waals surface area contributed by atoms with Gasteiger partial charge in [0.1, 0.15) is 5.75 Å². The smallest absolute Gasteiger partial charge is 0.335 e. The van der Waals surface area contributed by atoms with Crippen molar-refractivity contribution >= 4 is 17.8 Å². The Labute approximate surface area is 215 Å². The fourth-order valence-corrected chi connectivity index (χ4v) is 4.92. The highest BCUT2D eigenvalue weighted by molar-refractivity contribution is 5.93. The SMILES string of the molecule is Cc1cc(C(N)=O)ccc1-c1cc(O)cc(CN2CCC[C@@H]2C(=O)N[C@@H](C)c2ccc(C(=O)O)cc2)c1. The molecule has 0 radical (unpaired) electrons. The highest BCUT2D eigenvalue weighted by Crippen LogP contribution is 2.30. The predicted octanol–water partition coefficient (Wildman–Crippen LogP) is 4.01. The molecule has 0 bridgehead atoms. The number of nitrogens with two attached hydrogens (primary N) is 1. The van der Waals surface area contributed by atoms with Gasteiger partial charge in [0, 0.05) is 12.1 Å². The number of benzene rings is 3. The molecule has 3 aromatic rings. The molecule has 0 aliphatic carbocycles. The van der Waals surface area contributed by atoms with E-state index >= 15 is 0 Å². The van der Waals surface area contributed by atoms with Gasteiger partial charge in [0.05, 0.1) is 17.6 Å². The van der Waals surface area contributed by atoms with Crippen molar-refractivity contribution in [3.05, 3.63) is 88.5 Å². The molecule has 0 spiro atoms. The number of aromatic hydroxyl groups is 1. The van der Waals surface area contributed by atoms with Crippen molar-refractivity contribution in [3.8, 4) is 16.9 Å². The topological polar surface area (TPSA) is 133 Å². The summed E-state index contributed by atoms with van der Waals surface area (Å²) in [6.07, 6.45) is 1.62. The number of aromatic carboxylic acids is 1. The molecule has 0 unspecified atom stereocenters. The number of carbonyl (C=O) groups is 3. The predicted molar refractivity (Wildman–Crippen MR) is 140 cm³/mol. The zero-order chi connectivity index (χ0) is 26.7. The van der Waals surface area contributed by atoms with E-state index in [0.29, 0.717) is 12.1 Å². The molecule has 8 heteroatoms. The van der Waals surface area contributed by atoms with Gasteiger partial charge in [-0.15, -0.1) is 0 Å². The maximum Gasteiger partial charge on any atom is 0.335 e. The summed E-state index contributed by atoms with van der Waals surface area (Å²) in [5, 5.41) is 22.6. The number of hydrogen-bond donors (Lipinski definition) is 4. The summed E-state index contributed by atoms with van der Waals surface area (Å²) in [6.45, 7) is 5.03. The Hall–Kier alpha value is -4.17. The zero-order valence-corrected chi connectivity index (χ0v) is 20.9. The second-order valence-electron chi connectivity index (χ2n) is 9.57. The molecule has 4 rings (SSSR count). The lowest BCUT2D eigenvalue weighted by atomic mass is 9.96. The van der Waals surface area contributed by atoms with Crippen molar-refractivity contribution in [1.29, 1.82) is 0 Å². The van der Waals surface area contributed by atoms with Crippen LogP contribution in [-0.2, 0) is 11.3 Å². The van der Waals surface area contributed by atoms with E-state index in [9.17, 15) is 19.5 Å². The lowest BCUT2D eigenvalue weighted by molar-refractivity contribution is -0.126. The van der Waals surface area contributed by atoms with Gasteiger partial charge in [0.25, 0.3) is 0 Å². The molecule has 0 aromatic heterocycles. The molecular formula is C29H31N3O5. The van der Waals surface area contributed by atoms with E-state index in [1.165, 1.54) is 12.1 Å². The summed E-state index contributed by atoms with van der Waals surface area (Å²) >= 11 is 0. The van der Waals surface area contributed by atoms with E-state index < -0.39 is 11.9 Å². The summed E-state index contributed by atoms with van der Waals surface area (Å²) in [5.41, 5.74) is 10.3. The second-order valence-corrected chi connectivity index (χ2v) is 9.57. The second kappa shape index (κ2) is 10.8. The van der Waals surface area contributed by atoms with Crippen LogP contribution in [0.5, 0.6) is 5.75 Å². The molecule has 192 valence electrons. The largest absolute Gasteiger partial charge is 0.508 e. The summed E-state index contributed by atoms with van der Waals surface area (Å²) < 4.78 is 0. The normalized spacial score (nSPS) is 16.3. The first-order valence-corrected chi connectivity index (χ1v) is 12.2. The molecule has 1 heterocycles. The van der Waals surface area contributed by atoms with Crippen LogP contribution < -0.4 is 11.1 Å². The van der Waals surface area contributed by atoms with Crippen LogP contribution >= 0.6 is 0 Å². The molecule has 3 aromatic carbocycles. The first-order chi connectivity index (χ1) is 17.6. The average Bonchev–Trinajstić information content (AvgIpc) is 3.31. The van der Waals surface area contributed by atoms with Crippen LogP contribution in [0, 0.1) is 6.92 Å². The lowest BCUT2D eigenvalue weighted by Gasteiger charge is -2.26. The highest BCUT2D eigenvalue weighted by Gasteiger charge is 2.31. The minimum atomic E-state index is -0.988. The molecule has 1 saturated heterocycles. The van der Waals surface area contributed by atoms with Crippen molar-refractivity contribution < 1.29 is 24.6 Å². The van der Waals surface area contributed by atoms with Crippen LogP contribution in [0.15, 0.2) is 60.7 Å². The van der Waals surface area contributed by atoms with Gasteiger partial charge >= 0.3 is 5.97 Å². The van der Waals surface area contributed by atoms with Gasteiger partial charge in [-0.05, 0) is 104 Å². The number of primary amides is 1. The van der Waals surface area contributed by atoms with E-state index in [0.717, 1.165) is 47.2 Å². The van der Waals surface area contributed by atoms with Crippen molar-refractivity contribution in [3.63, 3.8) is 0 Å². The molecule has 1 aliphatic heterocycles. The highest BCUT2D eigenvalue weighted by atomic mass is 16.4. The minimum Gasteiger partial charge on any atom is -0.508 e. The van der Waals surface area contributed by atoms with Crippen molar-refractivity contribution in [2.75, 3.05) is 6.54 Å². The standard InChI is InChI=1S/C29H31N3O5/c1-17-12-22(27(30)34)9-10-25(17)23-13-19(14-24(33)15-23)16-32-11-3-4-26(32)28(35)31-18(2)20-5-7-21(8-6-20)29(36)37/h5-10,12-15,18,26,33H,3-4,11,16H2,1-2H3,(H2,30,34)(H,31,35)(H,36,37)/t18-,26+/m0/s1. The van der Waals surface area contributed by atoms with Gasteiger partial charge in [-0.25, -0.2) is 4.79 Å². The van der Waals surface area contributed by atoms with E-state index in [2.05, 4.69) is 10.2 Å². The summed E-state index contributed by atoms with van der Waals surface area (Å²) in [6, 6.07) is 16.5. The van der Waals surface area contributed by atoms with Crippen LogP contribution in [0.1, 0.15) is 63.2 Å². The number of likely N-dealkylation sites (tertiary alicyclic amines) is 1. The average molecular weight is 502 g/mol. The van der Waals surface area contributed by atoms with Crippen LogP contribution in [0.3, 0.4) is 0 Å². The minimum absolute atomic E-state index is 0.0782. The fraction of sp³-hybridized carbons (Fsp3) is 0.276. The van der Waals surface area contributed by atoms with E-state index in [4.69, 9.17) is 10.8 Å². The van der Waals surface area contributed by atoms with E-state index in [-0.39, 0.29) is 29.3 Å². The molecule has 2 amide bonds. The number of carbonyl (C=O) groups excluding carboxylic acids is 2. The third kappa shape index (κ3) is 5.98. The molecular weight excluding hydrogens is 470 g/mol. The van der Waals surface area contributed by atoms with Crippen LogP contribution in [0.25, 0.3) is 11.1 Å². The molecule has 5 N–H and O–H groups in total. The van der Waals surface area contributed by atoms with E-state index in [1.54, 1.807) is 36.4 Å². The van der Waals surface area contributed by atoms with Crippen LogP contribution in [0.2, 0.25) is 0 Å². The Morgan fingerprint density at radius 2 is 1.76 bits per heavy atom. The number of nitrogens with one attached hydrogen (secondary N) is 1. The number of carboxylic acid groups (broad SMARTS) is 1. The van der Waals surface area contributed by atoms with Gasteiger partial charge in [-0.1, -0.05) is 18.2 Å². The maximum absolute atomic E-state index is 13.2. The number of phenolic OH excluding ortho intramolecular Hbond substituents is 1. The lowest BCUT2D eigenvalue weighted by Crippen LogP contribution is -2.43. The molecule has 2 atom stereocenters. The van der Waals surface area contributed by atoms with Crippen LogP contribution in [0.4, 0.5) is 0 Å². The van der Waals surface area contributed by atoms with Gasteiger partial charge in [-0.2, -0.15) is 0 Å². The van der Waals surface area contributed by atoms with E-state index in [1.807, 2.05) is 26.0 Å². The number of hydrogen-bond acceptors (Lipinski definition) is 5. The number of amides is 2. The Balaban J connectivity index is 1.47. The Kier molecular flexibility index (Phi) is 7.59. The summed E-state index contributed by atoms with van der Waals surface area (Å²) in [5.74, 6) is -1.43. The number of rotatable bonds is 8. The number of phenols is 1. The number of aryl methyl sites for hydroxylation is 1. The Morgan fingerprint density at radius 3 is 2.41 bits per heavy atom. The maximum atomic E-state index is 13.2. The van der Waals surface area contributed by atoms with Crippen molar-refractivity contribution in [2.24, 2.45) is 5.73 Å².